The van der Waals surface area contributed by atoms with Crippen LogP contribution in [0.5, 0.6) is 5.75 Å². The van der Waals surface area contributed by atoms with Gasteiger partial charge in [-0.3, -0.25) is 4.79 Å². The summed E-state index contributed by atoms with van der Waals surface area (Å²) in [7, 11) is 0. The maximum absolute atomic E-state index is 12.2. The summed E-state index contributed by atoms with van der Waals surface area (Å²) in [4.78, 5) is 12.2. The molecule has 128 valence electrons. The fourth-order valence-electron chi connectivity index (χ4n) is 2.93. The Morgan fingerprint density at radius 3 is 2.88 bits per heavy atom. The smallest absolute Gasteiger partial charge is 0.258 e. The summed E-state index contributed by atoms with van der Waals surface area (Å²) in [6, 6.07) is 13.0. The number of carbonyl (C=O) groups is 1. The lowest BCUT2D eigenvalue weighted by atomic mass is 9.87. The van der Waals surface area contributed by atoms with Crippen molar-refractivity contribution in [1.29, 1.82) is 0 Å². The Hall–Kier alpha value is -1.91. The van der Waals surface area contributed by atoms with E-state index in [1.165, 1.54) is 5.56 Å². The second kappa shape index (κ2) is 8.27. The molecule has 1 amide bonds. The largest absolute Gasteiger partial charge is 0.482 e. The number of nitrogen functional groups attached to an aromatic ring is 1. The van der Waals surface area contributed by atoms with E-state index >= 15 is 0 Å². The van der Waals surface area contributed by atoms with Gasteiger partial charge in [-0.25, -0.2) is 0 Å². The first-order chi connectivity index (χ1) is 11.1. The zero-order chi connectivity index (χ0) is 16.2. The van der Waals surface area contributed by atoms with Crippen LogP contribution in [0.25, 0.3) is 0 Å². The van der Waals surface area contributed by atoms with Crippen molar-refractivity contribution in [2.45, 2.75) is 25.3 Å². The van der Waals surface area contributed by atoms with Crippen molar-refractivity contribution in [1.82, 2.24) is 5.32 Å². The van der Waals surface area contributed by atoms with Crippen LogP contribution >= 0.6 is 24.0 Å². The van der Waals surface area contributed by atoms with Gasteiger partial charge in [0.1, 0.15) is 5.75 Å². The van der Waals surface area contributed by atoms with E-state index < -0.39 is 0 Å². The molecule has 1 unspecified atom stereocenters. The van der Waals surface area contributed by atoms with Crippen LogP contribution in [0.15, 0.2) is 42.5 Å². The maximum atomic E-state index is 12.2. The molecule has 24 heavy (non-hydrogen) atoms. The molecule has 0 fully saturated rings. The lowest BCUT2D eigenvalue weighted by Crippen LogP contribution is -2.34. The zero-order valence-corrected chi connectivity index (χ0v) is 14.7. The van der Waals surface area contributed by atoms with Gasteiger partial charge in [-0.05, 0) is 54.7 Å². The molecule has 1 aliphatic carbocycles. The van der Waals surface area contributed by atoms with Gasteiger partial charge in [-0.2, -0.15) is 0 Å². The van der Waals surface area contributed by atoms with Crippen LogP contribution in [0.4, 0.5) is 5.69 Å². The van der Waals surface area contributed by atoms with Crippen molar-refractivity contribution in [3.63, 3.8) is 0 Å². The highest BCUT2D eigenvalue weighted by Crippen LogP contribution is 2.31. The van der Waals surface area contributed by atoms with E-state index in [-0.39, 0.29) is 31.0 Å². The number of hydrogen-bond donors (Lipinski definition) is 2. The summed E-state index contributed by atoms with van der Waals surface area (Å²) < 4.78 is 5.48. The highest BCUT2D eigenvalue weighted by molar-refractivity contribution is 6.32. The molecular formula is C18H20Cl2N2O2. The topological polar surface area (TPSA) is 64.3 Å². The standard InChI is InChI=1S/C18H19ClN2O2.ClH/c19-15-5-1-2-7-17(15)23-11-18(22)21-16-6-3-4-12-10-13(20)8-9-14(12)16;/h1-2,5,7-10,16H,3-4,6,11,20H2,(H,21,22);1H. The summed E-state index contributed by atoms with van der Waals surface area (Å²) in [5.41, 5.74) is 8.96. The van der Waals surface area contributed by atoms with E-state index in [0.717, 1.165) is 30.5 Å². The monoisotopic (exact) mass is 366 g/mol. The van der Waals surface area contributed by atoms with E-state index in [2.05, 4.69) is 5.32 Å². The van der Waals surface area contributed by atoms with Crippen LogP contribution in [0.3, 0.4) is 0 Å². The van der Waals surface area contributed by atoms with Gasteiger partial charge >= 0.3 is 0 Å². The molecule has 3 N–H and O–H groups in total. The van der Waals surface area contributed by atoms with Crippen molar-refractivity contribution in [2.24, 2.45) is 0 Å². The molecule has 3 rings (SSSR count). The van der Waals surface area contributed by atoms with Gasteiger partial charge in [-0.1, -0.05) is 29.8 Å². The molecule has 0 heterocycles. The van der Waals surface area contributed by atoms with Gasteiger partial charge in [0.25, 0.3) is 5.91 Å². The minimum absolute atomic E-state index is 0. The third-order valence-corrected chi connectivity index (χ3v) is 4.32. The summed E-state index contributed by atoms with van der Waals surface area (Å²) in [6.45, 7) is -0.0511. The number of amides is 1. The molecule has 4 nitrogen and oxygen atoms in total. The van der Waals surface area contributed by atoms with Crippen LogP contribution in [0.1, 0.15) is 30.0 Å². The number of fused-ring (bicyclic) bond motifs is 1. The lowest BCUT2D eigenvalue weighted by molar-refractivity contribution is -0.123. The van der Waals surface area contributed by atoms with Gasteiger partial charge in [0, 0.05) is 5.69 Å². The number of anilines is 1. The minimum Gasteiger partial charge on any atom is -0.482 e. The van der Waals surface area contributed by atoms with E-state index in [0.29, 0.717) is 10.8 Å². The molecule has 0 bridgehead atoms. The van der Waals surface area contributed by atoms with E-state index in [1.54, 1.807) is 12.1 Å². The van der Waals surface area contributed by atoms with Gasteiger partial charge < -0.3 is 15.8 Å². The molecule has 2 aromatic carbocycles. The van der Waals surface area contributed by atoms with Gasteiger partial charge in [0.05, 0.1) is 11.1 Å². The third kappa shape index (κ3) is 4.34. The van der Waals surface area contributed by atoms with E-state index in [1.807, 2.05) is 30.3 Å². The minimum atomic E-state index is -0.153. The fraction of sp³-hybridized carbons (Fsp3) is 0.278. The molecular weight excluding hydrogens is 347 g/mol. The molecule has 0 aliphatic heterocycles. The Morgan fingerprint density at radius 2 is 2.08 bits per heavy atom. The molecule has 0 spiro atoms. The van der Waals surface area contributed by atoms with Crippen molar-refractivity contribution in [2.75, 3.05) is 12.3 Å². The molecule has 0 saturated heterocycles. The Balaban J connectivity index is 0.00000208. The Bertz CT molecular complexity index is 722. The van der Waals surface area contributed by atoms with Crippen LogP contribution < -0.4 is 15.8 Å². The molecule has 0 radical (unpaired) electrons. The second-order valence-electron chi connectivity index (χ2n) is 5.69. The van der Waals surface area contributed by atoms with E-state index in [4.69, 9.17) is 22.1 Å². The number of para-hydroxylation sites is 1. The van der Waals surface area contributed by atoms with Crippen molar-refractivity contribution < 1.29 is 9.53 Å². The molecule has 6 heteroatoms. The zero-order valence-electron chi connectivity index (χ0n) is 13.1. The van der Waals surface area contributed by atoms with Crippen LogP contribution in [0.2, 0.25) is 5.02 Å². The SMILES string of the molecule is Cl.Nc1ccc2c(c1)CCCC2NC(=O)COc1ccccc1Cl. The third-order valence-electron chi connectivity index (χ3n) is 4.01. The Morgan fingerprint density at radius 1 is 1.29 bits per heavy atom. The number of hydrogen-bond acceptors (Lipinski definition) is 3. The fourth-order valence-corrected chi connectivity index (χ4v) is 3.12. The van der Waals surface area contributed by atoms with Gasteiger partial charge in [0.2, 0.25) is 0 Å². The summed E-state index contributed by atoms with van der Waals surface area (Å²) in [5.74, 6) is 0.362. The quantitative estimate of drug-likeness (QED) is 0.806. The van der Waals surface area contributed by atoms with E-state index in [9.17, 15) is 4.79 Å². The van der Waals surface area contributed by atoms with Crippen LogP contribution in [-0.4, -0.2) is 12.5 Å². The van der Waals surface area contributed by atoms with Crippen molar-refractivity contribution in [3.05, 3.63) is 58.6 Å². The summed E-state index contributed by atoms with van der Waals surface area (Å²) in [5, 5.41) is 3.54. The second-order valence-corrected chi connectivity index (χ2v) is 6.10. The first kappa shape index (κ1) is 18.4. The average molecular weight is 367 g/mol. The number of rotatable bonds is 4. The highest BCUT2D eigenvalue weighted by Gasteiger charge is 2.22. The normalized spacial score (nSPS) is 15.8. The average Bonchev–Trinajstić information content (AvgIpc) is 2.54. The van der Waals surface area contributed by atoms with Crippen LogP contribution in [0, 0.1) is 0 Å². The van der Waals surface area contributed by atoms with Gasteiger partial charge in [-0.15, -0.1) is 12.4 Å². The Kier molecular flexibility index (Phi) is 6.35. The number of aryl methyl sites for hydroxylation is 1. The molecule has 2 aromatic rings. The molecule has 1 atom stereocenters. The summed E-state index contributed by atoms with van der Waals surface area (Å²) >= 11 is 6.01. The molecule has 1 aliphatic rings. The predicted octanol–water partition coefficient (Wildman–Crippen LogP) is 3.92. The number of benzene rings is 2. The molecule has 0 saturated carbocycles. The number of carbonyl (C=O) groups excluding carboxylic acids is 1. The first-order valence-electron chi connectivity index (χ1n) is 7.68. The van der Waals surface area contributed by atoms with Crippen LogP contribution in [-0.2, 0) is 11.2 Å². The maximum Gasteiger partial charge on any atom is 0.258 e. The lowest BCUT2D eigenvalue weighted by Gasteiger charge is -2.26. The number of halogens is 2. The Labute approximate surface area is 152 Å². The summed E-state index contributed by atoms with van der Waals surface area (Å²) in [6.07, 6.45) is 2.96. The highest BCUT2D eigenvalue weighted by atomic mass is 35.5. The van der Waals surface area contributed by atoms with Crippen molar-refractivity contribution >= 4 is 35.6 Å². The van der Waals surface area contributed by atoms with Crippen molar-refractivity contribution in [3.8, 4) is 5.75 Å². The first-order valence-corrected chi connectivity index (χ1v) is 8.06. The predicted molar refractivity (Wildman–Crippen MR) is 98.9 cm³/mol. The number of nitrogens with two attached hydrogens (primary N) is 1. The number of nitrogens with one attached hydrogen (secondary N) is 1. The van der Waals surface area contributed by atoms with Gasteiger partial charge in [0.15, 0.2) is 6.61 Å². The molecule has 0 aromatic heterocycles. The number of ether oxygens (including phenoxy) is 1.